The first-order valence-corrected chi connectivity index (χ1v) is 10.1. The molecule has 2 amide bonds. The molecule has 2 saturated heterocycles. The minimum absolute atomic E-state index is 0.402. The highest BCUT2D eigenvalue weighted by Gasteiger charge is 2.72. The fourth-order valence-electron chi connectivity index (χ4n) is 4.38. The Balaban J connectivity index is 1.65. The number of hydrogen-bond donors (Lipinski definition) is 0. The van der Waals surface area contributed by atoms with Crippen molar-refractivity contribution < 1.29 is 38.1 Å². The van der Waals surface area contributed by atoms with E-state index < -0.39 is 53.6 Å². The maximum atomic E-state index is 13.4. The van der Waals surface area contributed by atoms with Gasteiger partial charge in [0, 0.05) is 13.8 Å². The number of nitrogens with zero attached hydrogens (tertiary/aromatic N) is 1. The molecule has 2 fully saturated rings. The molecule has 9 nitrogen and oxygen atoms in total. The molecule has 1 aromatic carbocycles. The fraction of sp³-hybridized carbons (Fsp3) is 0.455. The number of carbonyl (C=O) groups is 4. The minimum atomic E-state index is -1.56. The number of carbonyl (C=O) groups excluding carboxylic acids is 4. The maximum Gasteiger partial charge on any atom is 0.305 e. The summed E-state index contributed by atoms with van der Waals surface area (Å²) in [4.78, 5) is 51.0. The highest BCUT2D eigenvalue weighted by atomic mass is 16.7. The molecule has 0 spiro atoms. The average molecular weight is 429 g/mol. The summed E-state index contributed by atoms with van der Waals surface area (Å²) < 4.78 is 21.9. The van der Waals surface area contributed by atoms with Crippen molar-refractivity contribution in [3.63, 3.8) is 0 Å². The molecule has 0 saturated carbocycles. The molecule has 0 unspecified atom stereocenters. The van der Waals surface area contributed by atoms with Crippen molar-refractivity contribution in [2.24, 2.45) is 11.8 Å². The van der Waals surface area contributed by atoms with Crippen LogP contribution in [0.25, 0.3) is 0 Å². The normalized spacial score (nSPS) is 28.3. The highest BCUT2D eigenvalue weighted by Crippen LogP contribution is 2.54. The monoisotopic (exact) mass is 429 g/mol. The van der Waals surface area contributed by atoms with Crippen LogP contribution < -0.4 is 9.64 Å². The van der Waals surface area contributed by atoms with Crippen molar-refractivity contribution in [3.8, 4) is 5.75 Å². The molecule has 0 N–H and O–H groups in total. The first kappa shape index (κ1) is 21.0. The average Bonchev–Trinajstić information content (AvgIpc) is 3.37. The Hall–Kier alpha value is -3.20. The Morgan fingerprint density at radius 2 is 1.74 bits per heavy atom. The van der Waals surface area contributed by atoms with Gasteiger partial charge in [0.15, 0.2) is 5.60 Å². The Bertz CT molecular complexity index is 939. The van der Waals surface area contributed by atoms with Gasteiger partial charge in [-0.25, -0.2) is 4.90 Å². The molecule has 164 valence electrons. The van der Waals surface area contributed by atoms with Crippen LogP contribution in [0.1, 0.15) is 27.2 Å². The van der Waals surface area contributed by atoms with Gasteiger partial charge in [0.05, 0.1) is 30.2 Å². The lowest BCUT2D eigenvalue weighted by Gasteiger charge is -2.34. The molecule has 3 aliphatic rings. The summed E-state index contributed by atoms with van der Waals surface area (Å²) in [5, 5.41) is 0. The lowest BCUT2D eigenvalue weighted by atomic mass is 9.76. The van der Waals surface area contributed by atoms with Crippen molar-refractivity contribution >= 4 is 29.4 Å². The van der Waals surface area contributed by atoms with Crippen molar-refractivity contribution in [3.05, 3.63) is 36.4 Å². The number of ether oxygens (including phenoxy) is 4. The molecule has 9 heteroatoms. The summed E-state index contributed by atoms with van der Waals surface area (Å²) >= 11 is 0. The molecule has 3 aliphatic heterocycles. The number of hydrogen-bond acceptors (Lipinski definition) is 8. The largest absolute Gasteiger partial charge is 0.494 e. The zero-order chi connectivity index (χ0) is 22.3. The molecule has 31 heavy (non-hydrogen) atoms. The van der Waals surface area contributed by atoms with E-state index in [1.807, 2.05) is 6.92 Å². The van der Waals surface area contributed by atoms with E-state index in [1.54, 1.807) is 36.4 Å². The maximum absolute atomic E-state index is 13.4. The number of amides is 2. The van der Waals surface area contributed by atoms with E-state index in [9.17, 15) is 19.2 Å². The number of benzene rings is 1. The molecule has 0 aliphatic carbocycles. The third-order valence-electron chi connectivity index (χ3n) is 5.56. The van der Waals surface area contributed by atoms with Gasteiger partial charge in [-0.2, -0.15) is 0 Å². The van der Waals surface area contributed by atoms with E-state index in [2.05, 4.69) is 0 Å². The van der Waals surface area contributed by atoms with Crippen LogP contribution >= 0.6 is 0 Å². The molecule has 0 radical (unpaired) electrons. The second kappa shape index (κ2) is 7.81. The number of esters is 2. The van der Waals surface area contributed by atoms with Crippen molar-refractivity contribution in [2.75, 3.05) is 11.5 Å². The van der Waals surface area contributed by atoms with Crippen molar-refractivity contribution in [1.29, 1.82) is 0 Å². The molecule has 4 atom stereocenters. The van der Waals surface area contributed by atoms with Crippen LogP contribution in [0.15, 0.2) is 36.4 Å². The van der Waals surface area contributed by atoms with E-state index in [4.69, 9.17) is 18.9 Å². The van der Waals surface area contributed by atoms with E-state index in [0.29, 0.717) is 18.0 Å². The summed E-state index contributed by atoms with van der Waals surface area (Å²) in [6, 6.07) is 6.67. The second-order valence-corrected chi connectivity index (χ2v) is 7.70. The first-order valence-electron chi connectivity index (χ1n) is 10.1. The quantitative estimate of drug-likeness (QED) is 0.279. The predicted molar refractivity (Wildman–Crippen MR) is 106 cm³/mol. The summed E-state index contributed by atoms with van der Waals surface area (Å²) in [5.74, 6) is -3.50. The Morgan fingerprint density at radius 1 is 1.10 bits per heavy atom. The van der Waals surface area contributed by atoms with E-state index in [1.165, 1.54) is 0 Å². The smallest absolute Gasteiger partial charge is 0.305 e. The van der Waals surface area contributed by atoms with Crippen LogP contribution in [0.2, 0.25) is 0 Å². The number of anilines is 1. The fourth-order valence-corrected chi connectivity index (χ4v) is 4.38. The minimum Gasteiger partial charge on any atom is -0.494 e. The van der Waals surface area contributed by atoms with Crippen LogP contribution in [0, 0.1) is 11.8 Å². The highest BCUT2D eigenvalue weighted by molar-refractivity contribution is 6.23. The molecular formula is C22H23NO8. The Labute approximate surface area is 178 Å². The zero-order valence-corrected chi connectivity index (χ0v) is 17.4. The molecule has 4 rings (SSSR count). The summed E-state index contributed by atoms with van der Waals surface area (Å²) in [6.07, 6.45) is 1.87. The van der Waals surface area contributed by atoms with Gasteiger partial charge in [-0.3, -0.25) is 19.2 Å². The Morgan fingerprint density at radius 3 is 2.32 bits per heavy atom. The van der Waals surface area contributed by atoms with Gasteiger partial charge in [-0.05, 0) is 36.8 Å². The third kappa shape index (κ3) is 3.38. The van der Waals surface area contributed by atoms with Crippen molar-refractivity contribution in [1.82, 2.24) is 0 Å². The zero-order valence-electron chi connectivity index (χ0n) is 17.4. The van der Waals surface area contributed by atoms with Crippen LogP contribution in [-0.2, 0) is 33.4 Å². The summed E-state index contributed by atoms with van der Waals surface area (Å²) in [6.45, 7) is 4.87. The van der Waals surface area contributed by atoms with Gasteiger partial charge in [0.25, 0.3) is 6.29 Å². The van der Waals surface area contributed by atoms with E-state index >= 15 is 0 Å². The molecule has 0 aromatic heterocycles. The predicted octanol–water partition coefficient (Wildman–Crippen LogP) is 1.74. The van der Waals surface area contributed by atoms with E-state index in [-0.39, 0.29) is 0 Å². The molecule has 1 aromatic rings. The molecule has 2 bridgehead atoms. The number of imide groups is 1. The van der Waals surface area contributed by atoms with Crippen LogP contribution in [0.5, 0.6) is 5.75 Å². The first-order chi connectivity index (χ1) is 14.8. The van der Waals surface area contributed by atoms with Gasteiger partial charge < -0.3 is 18.9 Å². The van der Waals surface area contributed by atoms with Gasteiger partial charge in [-0.1, -0.05) is 13.0 Å². The van der Waals surface area contributed by atoms with Gasteiger partial charge in [0.1, 0.15) is 5.75 Å². The van der Waals surface area contributed by atoms with E-state index in [0.717, 1.165) is 25.2 Å². The van der Waals surface area contributed by atoms with Crippen molar-refractivity contribution in [2.45, 2.75) is 45.2 Å². The number of rotatable bonds is 7. The topological polar surface area (TPSA) is 108 Å². The molecular weight excluding hydrogens is 406 g/mol. The summed E-state index contributed by atoms with van der Waals surface area (Å²) in [7, 11) is 0. The Kier molecular flexibility index (Phi) is 5.30. The molecule has 3 heterocycles. The lowest BCUT2D eigenvalue weighted by molar-refractivity contribution is -0.226. The number of fused-ring (bicyclic) bond motifs is 5. The van der Waals surface area contributed by atoms with Crippen LogP contribution in [0.3, 0.4) is 0 Å². The van der Waals surface area contributed by atoms with Crippen LogP contribution in [-0.4, -0.2) is 48.4 Å². The second-order valence-electron chi connectivity index (χ2n) is 7.70. The van der Waals surface area contributed by atoms with Gasteiger partial charge in [0.2, 0.25) is 11.8 Å². The van der Waals surface area contributed by atoms with Gasteiger partial charge >= 0.3 is 11.9 Å². The van der Waals surface area contributed by atoms with Gasteiger partial charge in [-0.15, -0.1) is 0 Å². The SMILES string of the molecule is CCCOc1ccc(N2C(=O)[C@H]3[C@@H](C2=O)[C@@]2(C(OC(C)=O)OC(C)=O)C=C[C@H]3O2)cc1. The lowest BCUT2D eigenvalue weighted by Crippen LogP contribution is -2.52. The summed E-state index contributed by atoms with van der Waals surface area (Å²) in [5.41, 5.74) is -1.16. The third-order valence-corrected chi connectivity index (χ3v) is 5.56. The van der Waals surface area contributed by atoms with Crippen LogP contribution in [0.4, 0.5) is 5.69 Å². The standard InChI is InChI=1S/C22H23NO8/c1-4-11-28-15-7-5-14(6-8-15)23-19(26)17-16-9-10-22(31-16,18(17)20(23)27)21(29-12(2)24)30-13(3)25/h5-10,16-18,21H,4,11H2,1-3H3/t16-,17-,18+,22-/m1/s1.